The van der Waals surface area contributed by atoms with Crippen molar-refractivity contribution in [2.24, 2.45) is 0 Å². The first-order valence-corrected chi connectivity index (χ1v) is 6.38. The van der Waals surface area contributed by atoms with E-state index in [0.29, 0.717) is 0 Å². The Morgan fingerprint density at radius 3 is 2.32 bits per heavy atom. The smallest absolute Gasteiger partial charge is 0.135 e. The molecule has 1 aliphatic carbocycles. The van der Waals surface area contributed by atoms with Gasteiger partial charge in [-0.1, -0.05) is 54.6 Å². The fourth-order valence-electron chi connectivity index (χ4n) is 2.55. The largest absolute Gasteiger partial charge is 0.456 e. The summed E-state index contributed by atoms with van der Waals surface area (Å²) in [6.45, 7) is 0. The van der Waals surface area contributed by atoms with Crippen LogP contribution in [0.5, 0.6) is 0 Å². The van der Waals surface area contributed by atoms with Crippen LogP contribution in [0.15, 0.2) is 77.2 Å². The van der Waals surface area contributed by atoms with Gasteiger partial charge in [0.05, 0.1) is 0 Å². The lowest BCUT2D eigenvalue weighted by Gasteiger charge is -2.04. The molecule has 0 atom stereocenters. The molecule has 1 heterocycles. The van der Waals surface area contributed by atoms with Gasteiger partial charge in [-0.3, -0.25) is 0 Å². The molecule has 2 aromatic rings. The van der Waals surface area contributed by atoms with Crippen LogP contribution < -0.4 is 0 Å². The van der Waals surface area contributed by atoms with E-state index in [-0.39, 0.29) is 0 Å². The third kappa shape index (κ3) is 1.63. The Labute approximate surface area is 111 Å². The van der Waals surface area contributed by atoms with E-state index < -0.39 is 0 Å². The number of rotatable bonds is 1. The van der Waals surface area contributed by atoms with Crippen molar-refractivity contribution in [1.82, 2.24) is 0 Å². The minimum atomic E-state index is 0.906. The number of hydrogen-bond donors (Lipinski definition) is 0. The van der Waals surface area contributed by atoms with Crippen LogP contribution in [0, 0.1) is 0 Å². The van der Waals surface area contributed by atoms with E-state index in [1.165, 1.54) is 16.3 Å². The average Bonchev–Trinajstić information content (AvgIpc) is 2.86. The van der Waals surface area contributed by atoms with Crippen molar-refractivity contribution in [3.63, 3.8) is 0 Å². The van der Waals surface area contributed by atoms with Gasteiger partial charge in [0.25, 0.3) is 0 Å². The Bertz CT molecular complexity index is 812. The van der Waals surface area contributed by atoms with Crippen LogP contribution in [-0.2, 0) is 0 Å². The maximum absolute atomic E-state index is 6.03. The monoisotopic (exact) mass is 244 g/mol. The van der Waals surface area contributed by atoms with Crippen LogP contribution in [0.4, 0.5) is 0 Å². The van der Waals surface area contributed by atoms with Gasteiger partial charge in [0.15, 0.2) is 0 Å². The van der Waals surface area contributed by atoms with Gasteiger partial charge in [-0.05, 0) is 29.0 Å². The zero-order valence-corrected chi connectivity index (χ0v) is 10.3. The summed E-state index contributed by atoms with van der Waals surface area (Å²) in [5, 5.41) is 2.48. The summed E-state index contributed by atoms with van der Waals surface area (Å²) < 4.78 is 6.03. The van der Waals surface area contributed by atoms with Crippen molar-refractivity contribution in [1.29, 1.82) is 0 Å². The standard InChI is InChI=1S/C18H12O/c1-2-6-13(7-3-1)17-11-10-16-15-9-5-4-8-14(15)12-18(16)19-17/h1-12H. The maximum atomic E-state index is 6.03. The molecule has 0 saturated heterocycles. The van der Waals surface area contributed by atoms with Gasteiger partial charge in [-0.25, -0.2) is 0 Å². The predicted molar refractivity (Wildman–Crippen MR) is 78.3 cm³/mol. The van der Waals surface area contributed by atoms with Gasteiger partial charge >= 0.3 is 0 Å². The fourth-order valence-corrected chi connectivity index (χ4v) is 2.55. The van der Waals surface area contributed by atoms with Crippen LogP contribution in [0.25, 0.3) is 33.4 Å². The molecule has 0 aromatic heterocycles. The van der Waals surface area contributed by atoms with Gasteiger partial charge in [0, 0.05) is 11.1 Å². The van der Waals surface area contributed by atoms with Crippen LogP contribution in [0.3, 0.4) is 0 Å². The molecule has 0 unspecified atom stereocenters. The number of fused-ring (bicyclic) bond motifs is 3. The first kappa shape index (κ1) is 10.4. The summed E-state index contributed by atoms with van der Waals surface area (Å²) in [5.41, 5.74) is 2.28. The van der Waals surface area contributed by atoms with Gasteiger partial charge < -0.3 is 4.42 Å². The zero-order chi connectivity index (χ0) is 12.7. The second-order valence-corrected chi connectivity index (χ2v) is 4.68. The maximum Gasteiger partial charge on any atom is 0.135 e. The molecule has 2 aliphatic rings. The lowest BCUT2D eigenvalue weighted by Crippen LogP contribution is -1.79. The van der Waals surface area contributed by atoms with E-state index in [0.717, 1.165) is 17.1 Å². The lowest BCUT2D eigenvalue weighted by molar-refractivity contribution is 0.583. The molecule has 0 saturated carbocycles. The molecule has 0 spiro atoms. The van der Waals surface area contributed by atoms with E-state index in [1.807, 2.05) is 24.3 Å². The van der Waals surface area contributed by atoms with E-state index in [4.69, 9.17) is 4.42 Å². The minimum Gasteiger partial charge on any atom is -0.456 e. The van der Waals surface area contributed by atoms with Crippen LogP contribution in [-0.4, -0.2) is 0 Å². The van der Waals surface area contributed by atoms with Crippen molar-refractivity contribution in [2.45, 2.75) is 0 Å². The Morgan fingerprint density at radius 1 is 0.632 bits per heavy atom. The van der Waals surface area contributed by atoms with Crippen molar-refractivity contribution in [3.8, 4) is 22.6 Å². The Balaban J connectivity index is 1.97. The van der Waals surface area contributed by atoms with E-state index in [1.54, 1.807) is 0 Å². The third-order valence-corrected chi connectivity index (χ3v) is 3.48. The highest BCUT2D eigenvalue weighted by Gasteiger charge is 2.12. The van der Waals surface area contributed by atoms with E-state index in [9.17, 15) is 0 Å². The quantitative estimate of drug-likeness (QED) is 0.448. The van der Waals surface area contributed by atoms with Gasteiger partial charge in [0.1, 0.15) is 11.5 Å². The highest BCUT2D eigenvalue weighted by molar-refractivity contribution is 6.00. The molecule has 90 valence electrons. The average molecular weight is 244 g/mol. The molecule has 1 heteroatoms. The summed E-state index contributed by atoms with van der Waals surface area (Å²) in [7, 11) is 0. The molecule has 2 aromatic carbocycles. The molecular formula is C18H12O. The summed E-state index contributed by atoms with van der Waals surface area (Å²) in [6, 6.07) is 24.9. The first-order chi connectivity index (χ1) is 9.42. The van der Waals surface area contributed by atoms with Crippen molar-refractivity contribution in [3.05, 3.63) is 72.8 Å². The molecule has 0 radical (unpaired) electrons. The van der Waals surface area contributed by atoms with Crippen molar-refractivity contribution in [2.75, 3.05) is 0 Å². The molecular weight excluding hydrogens is 232 g/mol. The SMILES string of the molecule is c1ccc(-c2ccc3c4ccccc4cc-3o2)cc1. The Morgan fingerprint density at radius 2 is 1.42 bits per heavy atom. The van der Waals surface area contributed by atoms with Gasteiger partial charge in [-0.2, -0.15) is 0 Å². The van der Waals surface area contributed by atoms with Crippen molar-refractivity contribution >= 4 is 10.8 Å². The minimum absolute atomic E-state index is 0.906. The zero-order valence-electron chi connectivity index (χ0n) is 10.3. The van der Waals surface area contributed by atoms with Gasteiger partial charge in [-0.15, -0.1) is 0 Å². The van der Waals surface area contributed by atoms with Crippen LogP contribution >= 0.6 is 0 Å². The number of hydrogen-bond acceptors (Lipinski definition) is 1. The third-order valence-electron chi connectivity index (χ3n) is 3.48. The lowest BCUT2D eigenvalue weighted by atomic mass is 10.1. The normalized spacial score (nSPS) is 11.2. The Hall–Kier alpha value is -2.54. The second-order valence-electron chi connectivity index (χ2n) is 4.68. The van der Waals surface area contributed by atoms with Gasteiger partial charge in [0.2, 0.25) is 0 Å². The molecule has 1 nitrogen and oxygen atoms in total. The summed E-state index contributed by atoms with van der Waals surface area (Å²) in [5.74, 6) is 1.85. The second kappa shape index (κ2) is 3.99. The summed E-state index contributed by atoms with van der Waals surface area (Å²) in [4.78, 5) is 0. The van der Waals surface area contributed by atoms with E-state index >= 15 is 0 Å². The molecule has 0 bridgehead atoms. The highest BCUT2D eigenvalue weighted by atomic mass is 16.3. The van der Waals surface area contributed by atoms with Crippen molar-refractivity contribution < 1.29 is 4.42 Å². The molecule has 4 rings (SSSR count). The molecule has 0 fully saturated rings. The fraction of sp³-hybridized carbons (Fsp3) is 0. The molecule has 19 heavy (non-hydrogen) atoms. The highest BCUT2D eigenvalue weighted by Crippen LogP contribution is 2.36. The topological polar surface area (TPSA) is 13.1 Å². The van der Waals surface area contributed by atoms with Crippen LogP contribution in [0.1, 0.15) is 0 Å². The van der Waals surface area contributed by atoms with E-state index in [2.05, 4.69) is 48.5 Å². The first-order valence-electron chi connectivity index (χ1n) is 6.38. The molecule has 0 amide bonds. The Kier molecular flexibility index (Phi) is 2.18. The molecule has 0 N–H and O–H groups in total. The number of benzene rings is 2. The summed E-state index contributed by atoms with van der Waals surface area (Å²) in [6.07, 6.45) is 0. The summed E-state index contributed by atoms with van der Waals surface area (Å²) >= 11 is 0. The molecule has 1 aliphatic heterocycles. The van der Waals surface area contributed by atoms with Crippen LogP contribution in [0.2, 0.25) is 0 Å². The predicted octanol–water partition coefficient (Wildman–Crippen LogP) is 5.20.